The predicted molar refractivity (Wildman–Crippen MR) is 80.8 cm³/mol. The van der Waals surface area contributed by atoms with Crippen molar-refractivity contribution in [3.63, 3.8) is 0 Å². The molecule has 6 nitrogen and oxygen atoms in total. The molecule has 1 aliphatic carbocycles. The van der Waals surface area contributed by atoms with E-state index in [9.17, 15) is 0 Å². The average molecular weight is 287 g/mol. The molecule has 0 spiro atoms. The van der Waals surface area contributed by atoms with Gasteiger partial charge in [0.1, 0.15) is 5.75 Å². The van der Waals surface area contributed by atoms with Crippen LogP contribution in [0.3, 0.4) is 0 Å². The quantitative estimate of drug-likeness (QED) is 0.878. The highest BCUT2D eigenvalue weighted by Gasteiger charge is 2.67. The van der Waals surface area contributed by atoms with Gasteiger partial charge >= 0.3 is 0 Å². The van der Waals surface area contributed by atoms with Crippen LogP contribution in [0.5, 0.6) is 5.75 Å². The van der Waals surface area contributed by atoms with Gasteiger partial charge in [0.15, 0.2) is 5.82 Å². The maximum atomic E-state index is 6.10. The lowest BCUT2D eigenvalue weighted by molar-refractivity contribution is 0.415. The number of anilines is 1. The van der Waals surface area contributed by atoms with Gasteiger partial charge in [0, 0.05) is 11.3 Å². The molecule has 112 valence electrons. The minimum absolute atomic E-state index is 0.144. The molecule has 1 heterocycles. The second-order valence-electron chi connectivity index (χ2n) is 6.75. The molecule has 6 heteroatoms. The van der Waals surface area contributed by atoms with Crippen molar-refractivity contribution in [1.29, 1.82) is 0 Å². The Morgan fingerprint density at radius 3 is 2.43 bits per heavy atom. The molecule has 0 saturated heterocycles. The van der Waals surface area contributed by atoms with Crippen LogP contribution < -0.4 is 10.5 Å². The second-order valence-corrected chi connectivity index (χ2v) is 6.75. The van der Waals surface area contributed by atoms with Crippen LogP contribution in [0.2, 0.25) is 0 Å². The first-order chi connectivity index (χ1) is 9.80. The van der Waals surface area contributed by atoms with E-state index in [2.05, 4.69) is 43.2 Å². The highest BCUT2D eigenvalue weighted by Crippen LogP contribution is 2.71. The largest absolute Gasteiger partial charge is 0.497 e. The van der Waals surface area contributed by atoms with Crippen molar-refractivity contribution < 1.29 is 4.74 Å². The van der Waals surface area contributed by atoms with Gasteiger partial charge in [-0.25, -0.2) is 4.68 Å². The number of hydrogen-bond donors (Lipinski definition) is 1. The number of methoxy groups -OCH3 is 1. The van der Waals surface area contributed by atoms with Crippen molar-refractivity contribution >= 4 is 5.69 Å². The van der Waals surface area contributed by atoms with Crippen molar-refractivity contribution in [3.05, 3.63) is 18.2 Å². The van der Waals surface area contributed by atoms with E-state index in [1.807, 2.05) is 22.9 Å². The molecule has 0 unspecified atom stereocenters. The van der Waals surface area contributed by atoms with Crippen molar-refractivity contribution in [2.24, 2.45) is 10.8 Å². The van der Waals surface area contributed by atoms with E-state index in [0.29, 0.717) is 11.5 Å². The van der Waals surface area contributed by atoms with Gasteiger partial charge in [-0.15, -0.1) is 5.10 Å². The zero-order chi connectivity index (χ0) is 15.4. The third-order valence-electron chi connectivity index (χ3n) is 5.18. The number of hydrogen-bond acceptors (Lipinski definition) is 5. The molecule has 1 aromatic heterocycles. The monoisotopic (exact) mass is 287 g/mol. The Labute approximate surface area is 124 Å². The molecule has 2 aromatic rings. The lowest BCUT2D eigenvalue weighted by Crippen LogP contribution is -2.07. The van der Waals surface area contributed by atoms with Crippen LogP contribution >= 0.6 is 0 Å². The SMILES string of the molecule is COc1ccc(N)c(-c2nnnn2C2C(C)(C)C2(C)C)c1. The second kappa shape index (κ2) is 4.19. The number of ether oxygens (including phenoxy) is 1. The predicted octanol–water partition coefficient (Wildman–Crippen LogP) is 2.54. The van der Waals surface area contributed by atoms with Gasteiger partial charge in [0.05, 0.1) is 13.2 Å². The van der Waals surface area contributed by atoms with E-state index in [0.717, 1.165) is 11.3 Å². The summed E-state index contributed by atoms with van der Waals surface area (Å²) in [4.78, 5) is 0. The minimum Gasteiger partial charge on any atom is -0.497 e. The van der Waals surface area contributed by atoms with Gasteiger partial charge in [0.2, 0.25) is 0 Å². The van der Waals surface area contributed by atoms with Crippen LogP contribution in [0.15, 0.2) is 18.2 Å². The van der Waals surface area contributed by atoms with Crippen LogP contribution in [-0.4, -0.2) is 27.3 Å². The lowest BCUT2D eigenvalue weighted by Gasteiger charge is -2.10. The lowest BCUT2D eigenvalue weighted by atomic mass is 10.0. The summed E-state index contributed by atoms with van der Waals surface area (Å²) in [6.07, 6.45) is 0. The Morgan fingerprint density at radius 2 is 1.86 bits per heavy atom. The van der Waals surface area contributed by atoms with Crippen molar-refractivity contribution in [2.45, 2.75) is 33.7 Å². The Kier molecular flexibility index (Phi) is 2.77. The van der Waals surface area contributed by atoms with Gasteiger partial charge in [-0.1, -0.05) is 27.7 Å². The maximum absolute atomic E-state index is 6.10. The fourth-order valence-corrected chi connectivity index (χ4v) is 3.17. The van der Waals surface area contributed by atoms with Crippen LogP contribution in [0.1, 0.15) is 33.7 Å². The number of rotatable bonds is 3. The molecular formula is C15H21N5O. The summed E-state index contributed by atoms with van der Waals surface area (Å²) in [6, 6.07) is 5.77. The van der Waals surface area contributed by atoms with Crippen molar-refractivity contribution in [1.82, 2.24) is 20.2 Å². The molecule has 1 fully saturated rings. The summed E-state index contributed by atoms with van der Waals surface area (Å²) in [5, 5.41) is 12.2. The van der Waals surface area contributed by atoms with E-state index in [4.69, 9.17) is 10.5 Å². The summed E-state index contributed by atoms with van der Waals surface area (Å²) in [6.45, 7) is 8.94. The van der Waals surface area contributed by atoms with Crippen LogP contribution in [0.25, 0.3) is 11.4 Å². The number of tetrazole rings is 1. The maximum Gasteiger partial charge on any atom is 0.184 e. The molecule has 0 amide bonds. The molecule has 1 aliphatic rings. The molecule has 0 bridgehead atoms. The fourth-order valence-electron chi connectivity index (χ4n) is 3.17. The standard InChI is InChI=1S/C15H21N5O/c1-14(2)13(15(14,3)4)20-12(17-18-19-20)10-8-9(21-5)6-7-11(10)16/h6-8,13H,16H2,1-5H3. The number of benzene rings is 1. The first-order valence-electron chi connectivity index (χ1n) is 7.02. The molecule has 3 rings (SSSR count). The van der Waals surface area contributed by atoms with Crippen LogP contribution in [0, 0.1) is 10.8 Å². The Bertz CT molecular complexity index is 675. The van der Waals surface area contributed by atoms with Gasteiger partial charge in [-0.2, -0.15) is 0 Å². The number of nitrogens with zero attached hydrogens (tertiary/aromatic N) is 4. The van der Waals surface area contributed by atoms with Crippen LogP contribution in [-0.2, 0) is 0 Å². The Hall–Kier alpha value is -2.11. The van der Waals surface area contributed by atoms with Gasteiger partial charge in [-0.3, -0.25) is 0 Å². The molecular weight excluding hydrogens is 266 g/mol. The molecule has 0 atom stereocenters. The molecule has 21 heavy (non-hydrogen) atoms. The molecule has 2 N–H and O–H groups in total. The van der Waals surface area contributed by atoms with E-state index in [1.165, 1.54) is 0 Å². The normalized spacial score (nSPS) is 19.5. The van der Waals surface area contributed by atoms with Crippen molar-refractivity contribution in [3.8, 4) is 17.1 Å². The highest BCUT2D eigenvalue weighted by molar-refractivity contribution is 5.73. The molecule has 0 radical (unpaired) electrons. The third-order valence-corrected chi connectivity index (χ3v) is 5.18. The first-order valence-corrected chi connectivity index (χ1v) is 7.02. The summed E-state index contributed by atoms with van der Waals surface area (Å²) in [7, 11) is 1.63. The fraction of sp³-hybridized carbons (Fsp3) is 0.533. The zero-order valence-corrected chi connectivity index (χ0v) is 13.1. The van der Waals surface area contributed by atoms with E-state index in [-0.39, 0.29) is 16.9 Å². The summed E-state index contributed by atoms with van der Waals surface area (Å²) in [5.41, 5.74) is 7.83. The van der Waals surface area contributed by atoms with Gasteiger partial charge in [-0.05, 0) is 39.5 Å². The topological polar surface area (TPSA) is 78.8 Å². The number of aromatic nitrogens is 4. The molecule has 0 aliphatic heterocycles. The van der Waals surface area contributed by atoms with Gasteiger partial charge in [0.25, 0.3) is 0 Å². The zero-order valence-electron chi connectivity index (χ0n) is 13.1. The third kappa shape index (κ3) is 1.81. The van der Waals surface area contributed by atoms with E-state index < -0.39 is 0 Å². The Balaban J connectivity index is 2.09. The summed E-state index contributed by atoms with van der Waals surface area (Å²) >= 11 is 0. The van der Waals surface area contributed by atoms with E-state index >= 15 is 0 Å². The van der Waals surface area contributed by atoms with E-state index in [1.54, 1.807) is 7.11 Å². The first kappa shape index (κ1) is 13.9. The Morgan fingerprint density at radius 1 is 1.19 bits per heavy atom. The van der Waals surface area contributed by atoms with Crippen LogP contribution in [0.4, 0.5) is 5.69 Å². The smallest absolute Gasteiger partial charge is 0.184 e. The minimum atomic E-state index is 0.144. The number of nitrogen functional groups attached to an aromatic ring is 1. The average Bonchev–Trinajstić information content (AvgIpc) is 2.77. The van der Waals surface area contributed by atoms with Gasteiger partial charge < -0.3 is 10.5 Å². The summed E-state index contributed by atoms with van der Waals surface area (Å²) in [5.74, 6) is 1.43. The number of nitrogens with two attached hydrogens (primary N) is 1. The molecule has 1 aromatic carbocycles. The highest BCUT2D eigenvalue weighted by atomic mass is 16.5. The molecule has 1 saturated carbocycles. The van der Waals surface area contributed by atoms with Crippen molar-refractivity contribution in [2.75, 3.05) is 12.8 Å². The summed E-state index contributed by atoms with van der Waals surface area (Å²) < 4.78 is 7.17.